The van der Waals surface area contributed by atoms with Crippen LogP contribution >= 0.6 is 0 Å². The number of esters is 1. The number of benzene rings is 3. The van der Waals surface area contributed by atoms with Crippen LogP contribution in [0.25, 0.3) is 0 Å². The van der Waals surface area contributed by atoms with Crippen LogP contribution in [0.3, 0.4) is 0 Å². The molecule has 0 saturated heterocycles. The summed E-state index contributed by atoms with van der Waals surface area (Å²) in [4.78, 5) is 25.9. The normalized spacial score (nSPS) is 14.2. The van der Waals surface area contributed by atoms with Gasteiger partial charge in [0.05, 0.1) is 30.4 Å². The molecule has 1 unspecified atom stereocenters. The Bertz CT molecular complexity index is 1280. The molecule has 3 rings (SSSR count). The van der Waals surface area contributed by atoms with Crippen molar-refractivity contribution in [2.24, 2.45) is 5.73 Å². The summed E-state index contributed by atoms with van der Waals surface area (Å²) < 4.78 is 92.0. The number of halogens is 6. The van der Waals surface area contributed by atoms with E-state index < -0.39 is 47.6 Å². The van der Waals surface area contributed by atoms with Gasteiger partial charge >= 0.3 is 18.3 Å². The Morgan fingerprint density at radius 3 is 1.85 bits per heavy atom. The first kappa shape index (κ1) is 31.8. The number of carbonyl (C=O) groups excluding carboxylic acids is 2. The van der Waals surface area contributed by atoms with Gasteiger partial charge in [-0.1, -0.05) is 60.7 Å². The van der Waals surface area contributed by atoms with Gasteiger partial charge in [0, 0.05) is 6.42 Å². The monoisotopic (exact) mass is 581 g/mol. The van der Waals surface area contributed by atoms with Gasteiger partial charge in [-0.05, 0) is 48.2 Å². The summed E-state index contributed by atoms with van der Waals surface area (Å²) in [7, 11) is 0. The van der Waals surface area contributed by atoms with Crippen molar-refractivity contribution in [2.45, 2.75) is 50.2 Å². The molecule has 5 nitrogen and oxygen atoms in total. The van der Waals surface area contributed by atoms with Crippen LogP contribution in [0.15, 0.2) is 78.9 Å². The third kappa shape index (κ3) is 8.40. The van der Waals surface area contributed by atoms with E-state index in [2.05, 4.69) is 0 Å². The van der Waals surface area contributed by atoms with Gasteiger partial charge in [-0.2, -0.15) is 26.3 Å². The molecular formula is C30H29F6NO4. The number of ether oxygens (including phenoxy) is 2. The second-order valence-corrected chi connectivity index (χ2v) is 9.55. The molecule has 0 radical (unpaired) electrons. The van der Waals surface area contributed by atoms with Gasteiger partial charge in [-0.3, -0.25) is 9.59 Å². The van der Waals surface area contributed by atoms with Gasteiger partial charge in [0.15, 0.2) is 0 Å². The van der Waals surface area contributed by atoms with Gasteiger partial charge in [0.25, 0.3) is 0 Å². The summed E-state index contributed by atoms with van der Waals surface area (Å²) >= 11 is 0. The van der Waals surface area contributed by atoms with Crippen molar-refractivity contribution in [3.63, 3.8) is 0 Å². The Hall–Kier alpha value is -3.70. The Labute approximate surface area is 233 Å². The van der Waals surface area contributed by atoms with E-state index >= 15 is 0 Å². The SMILES string of the molecule is C[C@@H](OCC(CCC(=O)CN)(C(=O)OCc1ccccc1)c1ccccc1)c1cc(C(F)(F)F)cc(C(F)(F)F)c1. The van der Waals surface area contributed by atoms with Crippen LogP contribution in [-0.4, -0.2) is 24.9 Å². The topological polar surface area (TPSA) is 78.6 Å². The number of hydrogen-bond donors (Lipinski definition) is 1. The summed E-state index contributed by atoms with van der Waals surface area (Å²) in [5.74, 6) is -1.13. The largest absolute Gasteiger partial charge is 0.460 e. The minimum Gasteiger partial charge on any atom is -0.460 e. The van der Waals surface area contributed by atoms with Crippen molar-refractivity contribution >= 4 is 11.8 Å². The fourth-order valence-corrected chi connectivity index (χ4v) is 4.23. The summed E-state index contributed by atoms with van der Waals surface area (Å²) in [5.41, 5.74) is 1.57. The molecule has 2 atom stereocenters. The average Bonchev–Trinajstić information content (AvgIpc) is 2.95. The molecule has 0 aliphatic rings. The Balaban J connectivity index is 1.99. The molecule has 3 aromatic rings. The van der Waals surface area contributed by atoms with E-state index in [1.165, 1.54) is 6.92 Å². The number of alkyl halides is 6. The minimum absolute atomic E-state index is 0.0316. The van der Waals surface area contributed by atoms with Crippen LogP contribution in [0.4, 0.5) is 26.3 Å². The van der Waals surface area contributed by atoms with E-state index in [0.29, 0.717) is 23.3 Å². The van der Waals surface area contributed by atoms with Gasteiger partial charge in [-0.15, -0.1) is 0 Å². The molecule has 0 aliphatic carbocycles. The zero-order valence-electron chi connectivity index (χ0n) is 22.1. The number of hydrogen-bond acceptors (Lipinski definition) is 5. The van der Waals surface area contributed by atoms with E-state index in [9.17, 15) is 35.9 Å². The lowest BCUT2D eigenvalue weighted by molar-refractivity contribution is -0.156. The molecule has 0 aromatic heterocycles. The second-order valence-electron chi connectivity index (χ2n) is 9.55. The highest BCUT2D eigenvalue weighted by Gasteiger charge is 2.43. The van der Waals surface area contributed by atoms with Crippen molar-refractivity contribution in [1.82, 2.24) is 0 Å². The van der Waals surface area contributed by atoms with E-state index in [1.807, 2.05) is 0 Å². The van der Waals surface area contributed by atoms with Crippen LogP contribution < -0.4 is 5.73 Å². The lowest BCUT2D eigenvalue weighted by atomic mass is 9.76. The van der Waals surface area contributed by atoms with Crippen LogP contribution in [0, 0.1) is 0 Å². The van der Waals surface area contributed by atoms with Gasteiger partial charge in [-0.25, -0.2) is 0 Å². The number of ketones is 1. The molecule has 0 saturated carbocycles. The Kier molecular flexibility index (Phi) is 10.3. The molecule has 41 heavy (non-hydrogen) atoms. The molecule has 3 aromatic carbocycles. The van der Waals surface area contributed by atoms with Crippen molar-refractivity contribution in [3.8, 4) is 0 Å². The zero-order chi connectivity index (χ0) is 30.3. The third-order valence-electron chi connectivity index (χ3n) is 6.65. The maximum absolute atomic E-state index is 13.7. The number of carbonyl (C=O) groups is 2. The van der Waals surface area contributed by atoms with Crippen LogP contribution in [0.5, 0.6) is 0 Å². The van der Waals surface area contributed by atoms with Gasteiger partial charge in [0.2, 0.25) is 0 Å². The maximum Gasteiger partial charge on any atom is 0.416 e. The summed E-state index contributed by atoms with van der Waals surface area (Å²) in [6, 6.07) is 18.1. The molecule has 0 amide bonds. The highest BCUT2D eigenvalue weighted by molar-refractivity contribution is 5.86. The second kappa shape index (κ2) is 13.3. The Morgan fingerprint density at radius 2 is 1.34 bits per heavy atom. The van der Waals surface area contributed by atoms with Crippen molar-refractivity contribution in [2.75, 3.05) is 13.2 Å². The van der Waals surface area contributed by atoms with Crippen LogP contribution in [0.2, 0.25) is 0 Å². The predicted octanol–water partition coefficient (Wildman–Crippen LogP) is 6.79. The van der Waals surface area contributed by atoms with Crippen LogP contribution in [0.1, 0.15) is 53.7 Å². The minimum atomic E-state index is -5.03. The molecule has 0 aliphatic heterocycles. The van der Waals surface area contributed by atoms with Crippen molar-refractivity contribution in [1.29, 1.82) is 0 Å². The molecule has 220 valence electrons. The summed E-state index contributed by atoms with van der Waals surface area (Å²) in [6.45, 7) is 0.385. The van der Waals surface area contributed by atoms with Crippen LogP contribution in [-0.2, 0) is 43.4 Å². The van der Waals surface area contributed by atoms with Crippen molar-refractivity contribution in [3.05, 3.63) is 107 Å². The molecule has 0 spiro atoms. The molecule has 0 fully saturated rings. The molecule has 11 heteroatoms. The first-order valence-electron chi connectivity index (χ1n) is 12.7. The standard InChI is InChI=1S/C30H29F6NO4/c1-20(22-14-24(29(31,32)33)16-25(15-22)30(34,35)36)41-19-28(13-12-26(38)17-37,23-10-6-3-7-11-23)27(39)40-18-21-8-4-2-5-9-21/h2-11,14-16,20H,12-13,17-19,37H2,1H3/t20-,28?/m1/s1. The fraction of sp³-hybridized carbons (Fsp3) is 0.333. The fourth-order valence-electron chi connectivity index (χ4n) is 4.23. The molecule has 0 bridgehead atoms. The predicted molar refractivity (Wildman–Crippen MR) is 138 cm³/mol. The number of nitrogens with two attached hydrogens (primary N) is 1. The van der Waals surface area contributed by atoms with Crippen molar-refractivity contribution < 1.29 is 45.4 Å². The first-order chi connectivity index (χ1) is 19.3. The summed E-state index contributed by atoms with van der Waals surface area (Å²) in [6.07, 6.45) is -11.6. The van der Waals surface area contributed by atoms with E-state index in [-0.39, 0.29) is 43.4 Å². The molecule has 0 heterocycles. The van der Waals surface area contributed by atoms with Gasteiger partial charge < -0.3 is 15.2 Å². The number of rotatable bonds is 12. The Morgan fingerprint density at radius 1 is 0.805 bits per heavy atom. The first-order valence-corrected chi connectivity index (χ1v) is 12.7. The van der Waals surface area contributed by atoms with Gasteiger partial charge in [0.1, 0.15) is 17.8 Å². The smallest absolute Gasteiger partial charge is 0.416 e. The average molecular weight is 582 g/mol. The third-order valence-corrected chi connectivity index (χ3v) is 6.65. The quantitative estimate of drug-likeness (QED) is 0.188. The zero-order valence-corrected chi connectivity index (χ0v) is 22.1. The maximum atomic E-state index is 13.7. The highest BCUT2D eigenvalue weighted by atomic mass is 19.4. The lowest BCUT2D eigenvalue weighted by Crippen LogP contribution is -2.43. The highest BCUT2D eigenvalue weighted by Crippen LogP contribution is 2.39. The molecule has 2 N–H and O–H groups in total. The van der Waals surface area contributed by atoms with E-state index in [4.69, 9.17) is 15.2 Å². The number of Topliss-reactive ketones (excluding diaryl/α,β-unsaturated/α-hetero) is 1. The molecular weight excluding hydrogens is 552 g/mol. The van der Waals surface area contributed by atoms with E-state index in [1.54, 1.807) is 60.7 Å². The summed E-state index contributed by atoms with van der Waals surface area (Å²) in [5, 5.41) is 0. The lowest BCUT2D eigenvalue weighted by Gasteiger charge is -2.33. The van der Waals surface area contributed by atoms with E-state index in [0.717, 1.165) is 0 Å².